The van der Waals surface area contributed by atoms with Crippen LogP contribution >= 0.6 is 0 Å². The molecule has 142 valence electrons. The van der Waals surface area contributed by atoms with E-state index in [2.05, 4.69) is 10.6 Å². The molecule has 1 aromatic carbocycles. The molecule has 2 rings (SSSR count). The second-order valence-corrected chi connectivity index (χ2v) is 6.26. The predicted molar refractivity (Wildman–Crippen MR) is 99.3 cm³/mol. The van der Waals surface area contributed by atoms with Crippen molar-refractivity contribution >= 4 is 23.4 Å². The molecule has 0 spiro atoms. The molecule has 0 saturated carbocycles. The lowest BCUT2D eigenvalue weighted by Crippen LogP contribution is -2.47. The van der Waals surface area contributed by atoms with Crippen LogP contribution < -0.4 is 10.6 Å². The molecule has 1 heterocycles. The lowest BCUT2D eigenvalue weighted by molar-refractivity contribution is -0.124. The van der Waals surface area contributed by atoms with Crippen LogP contribution in [0.3, 0.4) is 0 Å². The number of urea groups is 1. The van der Waals surface area contributed by atoms with E-state index in [-0.39, 0.29) is 17.7 Å². The van der Waals surface area contributed by atoms with Crippen molar-refractivity contribution in [2.45, 2.75) is 39.2 Å². The molecule has 0 aliphatic carbocycles. The average Bonchev–Trinajstić information content (AvgIpc) is 3.11. The maximum absolute atomic E-state index is 12.6. The molecular formula is C19H27N3O4. The number of likely N-dealkylation sites (tertiary alicyclic amines) is 1. The Morgan fingerprint density at radius 3 is 2.85 bits per heavy atom. The van der Waals surface area contributed by atoms with Gasteiger partial charge in [0.1, 0.15) is 6.04 Å². The van der Waals surface area contributed by atoms with Gasteiger partial charge in [0.2, 0.25) is 5.91 Å². The second kappa shape index (κ2) is 9.91. The summed E-state index contributed by atoms with van der Waals surface area (Å²) in [6.07, 6.45) is 2.19. The topological polar surface area (TPSA) is 87.7 Å². The third-order valence-corrected chi connectivity index (χ3v) is 4.31. The molecule has 0 bridgehead atoms. The van der Waals surface area contributed by atoms with E-state index >= 15 is 0 Å². The smallest absolute Gasteiger partial charge is 0.322 e. The minimum atomic E-state index is -0.460. The third kappa shape index (κ3) is 5.56. The first-order valence-electron chi connectivity index (χ1n) is 9.07. The predicted octanol–water partition coefficient (Wildman–Crippen LogP) is 2.43. The van der Waals surface area contributed by atoms with E-state index in [1.807, 2.05) is 6.92 Å². The number of hydrogen-bond acceptors (Lipinski definition) is 4. The summed E-state index contributed by atoms with van der Waals surface area (Å²) in [6, 6.07) is 6.00. The van der Waals surface area contributed by atoms with Crippen molar-refractivity contribution in [1.82, 2.24) is 10.2 Å². The number of carbonyl (C=O) groups excluding carboxylic acids is 3. The zero-order valence-corrected chi connectivity index (χ0v) is 15.4. The van der Waals surface area contributed by atoms with Gasteiger partial charge < -0.3 is 20.3 Å². The lowest BCUT2D eigenvalue weighted by Gasteiger charge is -2.24. The lowest BCUT2D eigenvalue weighted by atomic mass is 10.1. The molecule has 26 heavy (non-hydrogen) atoms. The van der Waals surface area contributed by atoms with Crippen LogP contribution in [-0.4, -0.2) is 55.0 Å². The molecule has 2 N–H and O–H groups in total. The highest BCUT2D eigenvalue weighted by molar-refractivity contribution is 5.97. The summed E-state index contributed by atoms with van der Waals surface area (Å²) in [5, 5.41) is 5.65. The second-order valence-electron chi connectivity index (χ2n) is 6.26. The largest absolute Gasteiger partial charge is 0.382 e. The summed E-state index contributed by atoms with van der Waals surface area (Å²) in [6.45, 7) is 5.75. The summed E-state index contributed by atoms with van der Waals surface area (Å²) in [5.74, 6) is -0.196. The van der Waals surface area contributed by atoms with E-state index in [1.54, 1.807) is 29.2 Å². The van der Waals surface area contributed by atoms with Crippen LogP contribution in [0.2, 0.25) is 0 Å². The monoisotopic (exact) mass is 361 g/mol. The molecule has 0 unspecified atom stereocenters. The molecule has 1 aromatic rings. The molecule has 7 nitrogen and oxygen atoms in total. The number of ketones is 1. The fraction of sp³-hybridized carbons (Fsp3) is 0.526. The molecule has 3 amide bonds. The van der Waals surface area contributed by atoms with Gasteiger partial charge in [-0.25, -0.2) is 4.79 Å². The Hall–Kier alpha value is -2.41. The Labute approximate surface area is 154 Å². The van der Waals surface area contributed by atoms with Gasteiger partial charge in [-0.3, -0.25) is 9.59 Å². The molecule has 7 heteroatoms. The van der Waals surface area contributed by atoms with Crippen LogP contribution in [-0.2, 0) is 9.53 Å². The molecule has 0 aromatic heterocycles. The average molecular weight is 361 g/mol. The number of Topliss-reactive ketones (excluding diaryl/α,β-unsaturated/α-hetero) is 1. The number of rotatable bonds is 8. The summed E-state index contributed by atoms with van der Waals surface area (Å²) < 4.78 is 5.24. The minimum absolute atomic E-state index is 0.0634. The Balaban J connectivity index is 1.90. The number of hydrogen-bond donors (Lipinski definition) is 2. The van der Waals surface area contributed by atoms with Crippen molar-refractivity contribution in [3.8, 4) is 0 Å². The van der Waals surface area contributed by atoms with Crippen LogP contribution in [0.1, 0.15) is 43.5 Å². The highest BCUT2D eigenvalue weighted by Gasteiger charge is 2.33. The van der Waals surface area contributed by atoms with E-state index in [9.17, 15) is 14.4 Å². The molecule has 1 aliphatic rings. The summed E-state index contributed by atoms with van der Waals surface area (Å²) in [7, 11) is 0. The van der Waals surface area contributed by atoms with Crippen molar-refractivity contribution in [3.05, 3.63) is 29.8 Å². The van der Waals surface area contributed by atoms with Crippen LogP contribution in [0.25, 0.3) is 0 Å². The Kier molecular flexibility index (Phi) is 7.59. The van der Waals surface area contributed by atoms with Gasteiger partial charge in [-0.1, -0.05) is 12.1 Å². The van der Waals surface area contributed by atoms with Crippen molar-refractivity contribution in [1.29, 1.82) is 0 Å². The molecular weight excluding hydrogens is 334 g/mol. The number of benzene rings is 1. The number of carbonyl (C=O) groups is 3. The number of nitrogens with one attached hydrogen (secondary N) is 2. The maximum atomic E-state index is 12.6. The molecule has 1 fully saturated rings. The highest BCUT2D eigenvalue weighted by Crippen LogP contribution is 2.20. The molecule has 1 atom stereocenters. The third-order valence-electron chi connectivity index (χ3n) is 4.31. The molecule has 1 saturated heterocycles. The first kappa shape index (κ1) is 19.9. The van der Waals surface area contributed by atoms with Crippen LogP contribution in [0.4, 0.5) is 10.5 Å². The summed E-state index contributed by atoms with van der Waals surface area (Å²) in [5.41, 5.74) is 1.08. The SMILES string of the molecule is CCOCCCNC(=O)[C@@H]1CCCN1C(=O)Nc1cccc(C(C)=O)c1. The van der Waals surface area contributed by atoms with Crippen LogP contribution in [0.15, 0.2) is 24.3 Å². The number of nitrogens with zero attached hydrogens (tertiary/aromatic N) is 1. The Morgan fingerprint density at radius 2 is 2.12 bits per heavy atom. The van der Waals surface area contributed by atoms with Gasteiger partial charge in [-0.15, -0.1) is 0 Å². The fourth-order valence-electron chi connectivity index (χ4n) is 2.94. The standard InChI is InChI=1S/C19H27N3O4/c1-3-26-12-6-10-20-18(24)17-9-5-11-22(17)19(25)21-16-8-4-7-15(13-16)14(2)23/h4,7-8,13,17H,3,5-6,9-12H2,1-2H3,(H,20,24)(H,21,25)/t17-/m0/s1. The molecule has 0 radical (unpaired) electrons. The zero-order valence-electron chi connectivity index (χ0n) is 15.4. The fourth-order valence-corrected chi connectivity index (χ4v) is 2.94. The van der Waals surface area contributed by atoms with Crippen molar-refractivity contribution in [2.24, 2.45) is 0 Å². The first-order chi connectivity index (χ1) is 12.5. The summed E-state index contributed by atoms with van der Waals surface area (Å²) >= 11 is 0. The quantitative estimate of drug-likeness (QED) is 0.550. The van der Waals surface area contributed by atoms with Crippen LogP contribution in [0.5, 0.6) is 0 Å². The van der Waals surface area contributed by atoms with Gasteiger partial charge in [0.15, 0.2) is 5.78 Å². The van der Waals surface area contributed by atoms with Gasteiger partial charge in [-0.05, 0) is 45.2 Å². The summed E-state index contributed by atoms with van der Waals surface area (Å²) in [4.78, 5) is 37.9. The maximum Gasteiger partial charge on any atom is 0.322 e. The minimum Gasteiger partial charge on any atom is -0.382 e. The number of anilines is 1. The van der Waals surface area contributed by atoms with Gasteiger partial charge in [0.25, 0.3) is 0 Å². The zero-order chi connectivity index (χ0) is 18.9. The van der Waals surface area contributed by atoms with Crippen LogP contribution in [0, 0.1) is 0 Å². The highest BCUT2D eigenvalue weighted by atomic mass is 16.5. The van der Waals surface area contributed by atoms with Crippen molar-refractivity contribution < 1.29 is 19.1 Å². The van der Waals surface area contributed by atoms with Crippen molar-refractivity contribution in [2.75, 3.05) is 31.6 Å². The van der Waals surface area contributed by atoms with E-state index < -0.39 is 6.04 Å². The van der Waals surface area contributed by atoms with E-state index in [0.717, 1.165) is 12.8 Å². The van der Waals surface area contributed by atoms with Crippen molar-refractivity contribution in [3.63, 3.8) is 0 Å². The van der Waals surface area contributed by atoms with Gasteiger partial charge in [0.05, 0.1) is 0 Å². The van der Waals surface area contributed by atoms with E-state index in [1.165, 1.54) is 6.92 Å². The van der Waals surface area contributed by atoms with Gasteiger partial charge in [0, 0.05) is 37.6 Å². The Morgan fingerprint density at radius 1 is 1.31 bits per heavy atom. The Bertz CT molecular complexity index is 647. The number of amides is 3. The van der Waals surface area contributed by atoms with E-state index in [0.29, 0.717) is 44.0 Å². The molecule has 1 aliphatic heterocycles. The number of ether oxygens (including phenoxy) is 1. The first-order valence-corrected chi connectivity index (χ1v) is 9.07. The van der Waals surface area contributed by atoms with Gasteiger partial charge >= 0.3 is 6.03 Å². The normalized spacial score (nSPS) is 16.4. The van der Waals surface area contributed by atoms with E-state index in [4.69, 9.17) is 4.74 Å². The van der Waals surface area contributed by atoms with Gasteiger partial charge in [-0.2, -0.15) is 0 Å².